The summed E-state index contributed by atoms with van der Waals surface area (Å²) < 4.78 is 34.0. The topological polar surface area (TPSA) is 79.5 Å². The van der Waals surface area contributed by atoms with Gasteiger partial charge in [-0.3, -0.25) is 0 Å². The highest BCUT2D eigenvalue weighted by atomic mass is 32.2. The molecule has 2 aromatic rings. The fraction of sp³-hybridized carbons (Fsp3) is 0.556. The van der Waals surface area contributed by atoms with Crippen LogP contribution in [0.1, 0.15) is 55.8 Å². The standard InChI is InChI=1S/C18H26N4O3S/c1-14(2)17-19-18(25-20-17)16-9-11-22(12-10-16)26(23,24)21(3)13-15-7-5-4-6-8-15/h4-8,14,16H,9-13H2,1-3H3. The lowest BCUT2D eigenvalue weighted by Gasteiger charge is -2.32. The maximum Gasteiger partial charge on any atom is 0.282 e. The molecule has 0 radical (unpaired) electrons. The molecular weight excluding hydrogens is 352 g/mol. The monoisotopic (exact) mass is 378 g/mol. The molecule has 142 valence electrons. The molecule has 0 N–H and O–H groups in total. The lowest BCUT2D eigenvalue weighted by molar-refractivity contribution is 0.258. The molecule has 0 atom stereocenters. The molecule has 7 nitrogen and oxygen atoms in total. The van der Waals surface area contributed by atoms with Crippen molar-refractivity contribution in [3.05, 3.63) is 47.6 Å². The average Bonchev–Trinajstić information content (AvgIpc) is 3.13. The molecule has 3 rings (SSSR count). The van der Waals surface area contributed by atoms with Crippen LogP contribution in [0.25, 0.3) is 0 Å². The summed E-state index contributed by atoms with van der Waals surface area (Å²) in [5, 5.41) is 4.01. The summed E-state index contributed by atoms with van der Waals surface area (Å²) >= 11 is 0. The lowest BCUT2D eigenvalue weighted by Crippen LogP contribution is -2.45. The molecule has 0 amide bonds. The zero-order chi connectivity index (χ0) is 18.7. The molecule has 1 fully saturated rings. The van der Waals surface area contributed by atoms with E-state index in [0.29, 0.717) is 44.2 Å². The van der Waals surface area contributed by atoms with Gasteiger partial charge < -0.3 is 4.52 Å². The third kappa shape index (κ3) is 4.13. The first-order valence-corrected chi connectivity index (χ1v) is 10.4. The van der Waals surface area contributed by atoms with Crippen LogP contribution in [0.15, 0.2) is 34.9 Å². The van der Waals surface area contributed by atoms with Gasteiger partial charge in [0.15, 0.2) is 5.82 Å². The minimum absolute atomic E-state index is 0.126. The molecule has 0 spiro atoms. The quantitative estimate of drug-likeness (QED) is 0.772. The summed E-state index contributed by atoms with van der Waals surface area (Å²) in [6, 6.07) is 9.61. The second-order valence-electron chi connectivity index (χ2n) is 7.07. The molecular formula is C18H26N4O3S. The van der Waals surface area contributed by atoms with Gasteiger partial charge in [0.1, 0.15) is 0 Å². The van der Waals surface area contributed by atoms with Gasteiger partial charge in [-0.1, -0.05) is 49.3 Å². The zero-order valence-electron chi connectivity index (χ0n) is 15.5. The van der Waals surface area contributed by atoms with Gasteiger partial charge >= 0.3 is 0 Å². The van der Waals surface area contributed by atoms with Crippen LogP contribution >= 0.6 is 0 Å². The molecule has 0 aliphatic carbocycles. The van der Waals surface area contributed by atoms with E-state index in [-0.39, 0.29) is 11.8 Å². The fourth-order valence-corrected chi connectivity index (χ4v) is 4.48. The molecule has 26 heavy (non-hydrogen) atoms. The predicted molar refractivity (Wildman–Crippen MR) is 98.8 cm³/mol. The van der Waals surface area contributed by atoms with Crippen molar-refractivity contribution in [3.8, 4) is 0 Å². The smallest absolute Gasteiger partial charge is 0.282 e. The molecule has 0 bridgehead atoms. The van der Waals surface area contributed by atoms with Crippen LogP contribution in [-0.2, 0) is 16.8 Å². The van der Waals surface area contributed by atoms with Crippen molar-refractivity contribution in [1.82, 2.24) is 18.8 Å². The molecule has 1 saturated heterocycles. The summed E-state index contributed by atoms with van der Waals surface area (Å²) in [4.78, 5) is 4.46. The van der Waals surface area contributed by atoms with Crippen molar-refractivity contribution in [3.63, 3.8) is 0 Å². The minimum atomic E-state index is -3.47. The van der Waals surface area contributed by atoms with Crippen LogP contribution in [0.3, 0.4) is 0 Å². The van der Waals surface area contributed by atoms with Crippen molar-refractivity contribution in [2.45, 2.75) is 45.1 Å². The SMILES string of the molecule is CC(C)c1noc(C2CCN(S(=O)(=O)N(C)Cc3ccccc3)CC2)n1. The number of rotatable bonds is 6. The van der Waals surface area contributed by atoms with E-state index in [9.17, 15) is 8.42 Å². The molecule has 1 aromatic heterocycles. The fourth-order valence-electron chi connectivity index (χ4n) is 3.10. The molecule has 1 aliphatic heterocycles. The van der Waals surface area contributed by atoms with Gasteiger partial charge in [-0.2, -0.15) is 22.0 Å². The Bertz CT molecular complexity index is 812. The Morgan fingerprint density at radius 1 is 1.23 bits per heavy atom. The zero-order valence-corrected chi connectivity index (χ0v) is 16.3. The first-order valence-electron chi connectivity index (χ1n) is 8.96. The Labute approximate surface area is 155 Å². The van der Waals surface area contributed by atoms with Gasteiger partial charge in [0.2, 0.25) is 5.89 Å². The molecule has 0 unspecified atom stereocenters. The van der Waals surface area contributed by atoms with Gasteiger partial charge in [0.25, 0.3) is 10.2 Å². The molecule has 1 aromatic carbocycles. The average molecular weight is 378 g/mol. The van der Waals surface area contributed by atoms with Crippen molar-refractivity contribution in [1.29, 1.82) is 0 Å². The van der Waals surface area contributed by atoms with Gasteiger partial charge in [0.05, 0.1) is 0 Å². The van der Waals surface area contributed by atoms with E-state index in [1.165, 1.54) is 4.31 Å². The summed E-state index contributed by atoms with van der Waals surface area (Å²) in [5.41, 5.74) is 0.973. The van der Waals surface area contributed by atoms with Crippen LogP contribution in [0.2, 0.25) is 0 Å². The Kier molecular flexibility index (Phi) is 5.74. The van der Waals surface area contributed by atoms with Crippen LogP contribution in [0, 0.1) is 0 Å². The van der Waals surface area contributed by atoms with E-state index < -0.39 is 10.2 Å². The molecule has 2 heterocycles. The highest BCUT2D eigenvalue weighted by molar-refractivity contribution is 7.86. The van der Waals surface area contributed by atoms with Crippen molar-refractivity contribution in [2.24, 2.45) is 0 Å². The third-order valence-corrected chi connectivity index (χ3v) is 6.68. The number of aromatic nitrogens is 2. The van der Waals surface area contributed by atoms with Crippen LogP contribution < -0.4 is 0 Å². The third-order valence-electron chi connectivity index (χ3n) is 4.75. The van der Waals surface area contributed by atoms with E-state index in [4.69, 9.17) is 4.52 Å². The van der Waals surface area contributed by atoms with Crippen LogP contribution in [0.5, 0.6) is 0 Å². The van der Waals surface area contributed by atoms with E-state index >= 15 is 0 Å². The van der Waals surface area contributed by atoms with Gasteiger partial charge in [0, 0.05) is 38.5 Å². The number of hydrogen-bond donors (Lipinski definition) is 0. The summed E-state index contributed by atoms with van der Waals surface area (Å²) in [6.45, 7) is 5.33. The molecule has 0 saturated carbocycles. The van der Waals surface area contributed by atoms with Gasteiger partial charge in [-0.15, -0.1) is 0 Å². The summed E-state index contributed by atoms with van der Waals surface area (Å²) in [6.07, 6.45) is 1.39. The lowest BCUT2D eigenvalue weighted by atomic mass is 9.98. The summed E-state index contributed by atoms with van der Waals surface area (Å²) in [5.74, 6) is 1.68. The Morgan fingerprint density at radius 3 is 2.46 bits per heavy atom. The van der Waals surface area contributed by atoms with E-state index in [1.807, 2.05) is 44.2 Å². The first kappa shape index (κ1) is 19.0. The van der Waals surface area contributed by atoms with E-state index in [2.05, 4.69) is 10.1 Å². The Hall–Kier alpha value is -1.77. The largest absolute Gasteiger partial charge is 0.339 e. The van der Waals surface area contributed by atoms with Gasteiger partial charge in [-0.25, -0.2) is 0 Å². The highest BCUT2D eigenvalue weighted by Gasteiger charge is 2.33. The van der Waals surface area contributed by atoms with Crippen LogP contribution in [-0.4, -0.2) is 47.3 Å². The number of piperidine rings is 1. The van der Waals surface area contributed by atoms with Crippen molar-refractivity contribution >= 4 is 10.2 Å². The van der Waals surface area contributed by atoms with E-state index in [1.54, 1.807) is 11.4 Å². The Balaban J connectivity index is 1.60. The first-order chi connectivity index (χ1) is 12.4. The minimum Gasteiger partial charge on any atom is -0.339 e. The van der Waals surface area contributed by atoms with Crippen molar-refractivity contribution in [2.75, 3.05) is 20.1 Å². The normalized spacial score (nSPS) is 17.3. The second-order valence-corrected chi connectivity index (χ2v) is 9.10. The van der Waals surface area contributed by atoms with Gasteiger partial charge in [-0.05, 0) is 18.4 Å². The molecule has 1 aliphatic rings. The highest BCUT2D eigenvalue weighted by Crippen LogP contribution is 2.29. The number of hydrogen-bond acceptors (Lipinski definition) is 5. The maximum absolute atomic E-state index is 12.8. The predicted octanol–water partition coefficient (Wildman–Crippen LogP) is 2.75. The molecule has 8 heteroatoms. The summed E-state index contributed by atoms with van der Waals surface area (Å²) in [7, 11) is -1.85. The number of nitrogens with zero attached hydrogens (tertiary/aromatic N) is 4. The van der Waals surface area contributed by atoms with E-state index in [0.717, 1.165) is 5.56 Å². The number of benzene rings is 1. The Morgan fingerprint density at radius 2 is 1.88 bits per heavy atom. The maximum atomic E-state index is 12.8. The second kappa shape index (κ2) is 7.85. The van der Waals surface area contributed by atoms with Crippen LogP contribution in [0.4, 0.5) is 0 Å². The van der Waals surface area contributed by atoms with Crippen molar-refractivity contribution < 1.29 is 12.9 Å².